The third kappa shape index (κ3) is 7.78. The second kappa shape index (κ2) is 16.8. The lowest BCUT2D eigenvalue weighted by atomic mass is 9.84. The zero-order valence-corrected chi connectivity index (χ0v) is 35.0. The van der Waals surface area contributed by atoms with Crippen LogP contribution in [-0.2, 0) is 43.6 Å². The number of hydrogen-bond donors (Lipinski definition) is 1. The fourth-order valence-electron chi connectivity index (χ4n) is 8.83. The Bertz CT molecular complexity index is 2340. The fourth-order valence-corrected chi connectivity index (χ4v) is 8.83. The van der Waals surface area contributed by atoms with Gasteiger partial charge >= 0.3 is 5.97 Å². The Balaban J connectivity index is 1.32. The molecular formula is C48H53N3O8. The number of aliphatic hydroxyl groups is 1. The molecule has 11 nitrogen and oxygen atoms in total. The molecule has 6 bridgehead atoms. The lowest BCUT2D eigenvalue weighted by Crippen LogP contribution is -2.35. The number of nitrogens with zero attached hydrogens (tertiary/aromatic N) is 3. The Morgan fingerprint density at radius 1 is 0.780 bits per heavy atom. The number of rotatable bonds is 8. The summed E-state index contributed by atoms with van der Waals surface area (Å²) in [6.07, 6.45) is 2.84. The van der Waals surface area contributed by atoms with Crippen LogP contribution in [0.25, 0.3) is 0 Å². The molecule has 0 saturated heterocycles. The van der Waals surface area contributed by atoms with Gasteiger partial charge in [0.2, 0.25) is 5.75 Å². The number of carbonyl (C=O) groups excluding carboxylic acids is 1. The molecule has 0 aliphatic carbocycles. The van der Waals surface area contributed by atoms with E-state index in [9.17, 15) is 9.90 Å². The van der Waals surface area contributed by atoms with Gasteiger partial charge < -0.3 is 38.4 Å². The van der Waals surface area contributed by atoms with Crippen molar-refractivity contribution in [1.82, 2.24) is 9.80 Å². The van der Waals surface area contributed by atoms with Crippen LogP contribution in [0.5, 0.6) is 40.2 Å². The smallest absolute Gasteiger partial charge is 0.338 e. The quantitative estimate of drug-likeness (QED) is 0.154. The third-order valence-corrected chi connectivity index (χ3v) is 12.1. The zero-order valence-electron chi connectivity index (χ0n) is 35.0. The van der Waals surface area contributed by atoms with Gasteiger partial charge in [-0.25, -0.2) is 4.79 Å². The highest BCUT2D eigenvalue weighted by Gasteiger charge is 2.37. The number of fused-ring (bicyclic) bond motifs is 2. The van der Waals surface area contributed by atoms with Gasteiger partial charge in [0.15, 0.2) is 23.0 Å². The normalized spacial score (nSPS) is 17.4. The van der Waals surface area contributed by atoms with Gasteiger partial charge in [-0.2, -0.15) is 0 Å². The van der Waals surface area contributed by atoms with E-state index in [4.69, 9.17) is 28.4 Å². The first kappa shape index (κ1) is 40.0. The van der Waals surface area contributed by atoms with Crippen LogP contribution in [-0.4, -0.2) is 83.5 Å². The number of carbonyl (C=O) groups is 1. The van der Waals surface area contributed by atoms with Crippen LogP contribution in [0.1, 0.15) is 66.9 Å². The van der Waals surface area contributed by atoms with Crippen LogP contribution in [0.2, 0.25) is 0 Å². The van der Waals surface area contributed by atoms with E-state index in [1.807, 2.05) is 55.4 Å². The topological polar surface area (TPSA) is 102 Å². The molecule has 0 aromatic heterocycles. The monoisotopic (exact) mass is 799 g/mol. The number of methoxy groups -OCH3 is 3. The maximum absolute atomic E-state index is 13.6. The molecule has 5 aromatic carbocycles. The lowest BCUT2D eigenvalue weighted by molar-refractivity contribution is 0.0467. The number of hydrogen-bond acceptors (Lipinski definition) is 11. The van der Waals surface area contributed by atoms with E-state index in [1.165, 1.54) is 11.1 Å². The Morgan fingerprint density at radius 2 is 1.47 bits per heavy atom. The first-order valence-electron chi connectivity index (χ1n) is 20.1. The number of benzene rings is 5. The summed E-state index contributed by atoms with van der Waals surface area (Å²) in [6, 6.07) is 25.7. The summed E-state index contributed by atoms with van der Waals surface area (Å²) < 4.78 is 37.9. The van der Waals surface area contributed by atoms with Gasteiger partial charge in [-0.3, -0.25) is 9.80 Å². The highest BCUT2D eigenvalue weighted by atomic mass is 16.5. The van der Waals surface area contributed by atoms with Crippen molar-refractivity contribution in [2.45, 2.75) is 51.0 Å². The fraction of sp³-hybridized carbons (Fsp3) is 0.354. The highest BCUT2D eigenvalue weighted by molar-refractivity contribution is 5.90. The average Bonchev–Trinajstić information content (AvgIpc) is 3.25. The van der Waals surface area contributed by atoms with Crippen LogP contribution in [0.3, 0.4) is 0 Å². The van der Waals surface area contributed by atoms with Gasteiger partial charge in [-0.15, -0.1) is 0 Å². The molecule has 0 amide bonds. The van der Waals surface area contributed by atoms with E-state index in [0.717, 1.165) is 65.2 Å². The maximum atomic E-state index is 13.6. The van der Waals surface area contributed by atoms with Crippen LogP contribution in [0.4, 0.5) is 5.69 Å². The Morgan fingerprint density at radius 3 is 2.17 bits per heavy atom. The predicted octanol–water partition coefficient (Wildman–Crippen LogP) is 8.07. The van der Waals surface area contributed by atoms with E-state index < -0.39 is 5.97 Å². The van der Waals surface area contributed by atoms with Crippen molar-refractivity contribution in [3.63, 3.8) is 0 Å². The van der Waals surface area contributed by atoms with Gasteiger partial charge in [0.25, 0.3) is 0 Å². The lowest BCUT2D eigenvalue weighted by Gasteiger charge is -2.38. The van der Waals surface area contributed by atoms with E-state index in [1.54, 1.807) is 33.5 Å². The van der Waals surface area contributed by atoms with Crippen molar-refractivity contribution in [1.29, 1.82) is 0 Å². The van der Waals surface area contributed by atoms with Gasteiger partial charge in [0, 0.05) is 61.6 Å². The minimum absolute atomic E-state index is 0.0411. The average molecular weight is 800 g/mol. The molecule has 11 heteroatoms. The third-order valence-electron chi connectivity index (χ3n) is 12.1. The molecule has 0 unspecified atom stereocenters. The van der Waals surface area contributed by atoms with E-state index >= 15 is 0 Å². The molecule has 0 radical (unpaired) electrons. The Kier molecular flexibility index (Phi) is 11.4. The van der Waals surface area contributed by atoms with E-state index in [-0.39, 0.29) is 25.3 Å². The molecule has 9 rings (SSSR count). The van der Waals surface area contributed by atoms with Gasteiger partial charge in [0.1, 0.15) is 18.1 Å². The number of ether oxygens (including phenoxy) is 6. The summed E-state index contributed by atoms with van der Waals surface area (Å²) in [7, 11) is 13.0. The number of anilines is 1. The largest absolute Gasteiger partial charge is 0.493 e. The van der Waals surface area contributed by atoms with Crippen molar-refractivity contribution >= 4 is 11.7 Å². The summed E-state index contributed by atoms with van der Waals surface area (Å²) in [5, 5.41) is 10.9. The number of aliphatic hydroxyl groups excluding tert-OH is 1. The van der Waals surface area contributed by atoms with Crippen molar-refractivity contribution in [3.8, 4) is 40.2 Å². The molecule has 2 atom stereocenters. The first-order chi connectivity index (χ1) is 28.6. The van der Waals surface area contributed by atoms with Crippen LogP contribution >= 0.6 is 0 Å². The van der Waals surface area contributed by atoms with Crippen molar-refractivity contribution in [3.05, 3.63) is 129 Å². The second-order valence-electron chi connectivity index (χ2n) is 15.8. The van der Waals surface area contributed by atoms with Crippen LogP contribution < -0.4 is 28.6 Å². The molecule has 4 aliphatic heterocycles. The molecule has 4 heterocycles. The van der Waals surface area contributed by atoms with Crippen LogP contribution in [0.15, 0.2) is 78.9 Å². The van der Waals surface area contributed by atoms with Gasteiger partial charge in [0.05, 0.1) is 33.5 Å². The second-order valence-corrected chi connectivity index (χ2v) is 15.8. The summed E-state index contributed by atoms with van der Waals surface area (Å²) in [4.78, 5) is 20.2. The number of esters is 1. The summed E-state index contributed by atoms with van der Waals surface area (Å²) in [6.45, 7) is 1.37. The summed E-state index contributed by atoms with van der Waals surface area (Å²) in [5.74, 6) is 3.41. The molecular weight excluding hydrogens is 747 g/mol. The molecule has 4 aliphatic rings. The van der Waals surface area contributed by atoms with Crippen molar-refractivity contribution in [2.75, 3.05) is 67.5 Å². The molecule has 1 N–H and O–H groups in total. The predicted molar refractivity (Wildman–Crippen MR) is 227 cm³/mol. The van der Waals surface area contributed by atoms with Crippen LogP contribution in [0, 0.1) is 0 Å². The molecule has 0 saturated carbocycles. The first-order valence-corrected chi connectivity index (χ1v) is 20.1. The zero-order chi connectivity index (χ0) is 41.4. The molecule has 308 valence electrons. The number of likely N-dealkylation sites (N-methyl/N-ethyl adjacent to an activating group) is 2. The Hall–Kier alpha value is -5.75. The maximum Gasteiger partial charge on any atom is 0.338 e. The van der Waals surface area contributed by atoms with Gasteiger partial charge in [-0.1, -0.05) is 18.2 Å². The van der Waals surface area contributed by atoms with Gasteiger partial charge in [-0.05, 0) is 128 Å². The molecule has 5 aromatic rings. The summed E-state index contributed by atoms with van der Waals surface area (Å²) in [5.41, 5.74) is 9.27. The standard InChI is InChI=1S/C48H53N3O8/c1-49(2)34-13-11-31(12-14-34)48(53)57-28-38-36-19-21-51(4)40-23-30-10-17-41(54-5)43(24-30)58-35-15-8-29(9-16-35)22-39-37-26-42(33(27-52)25-32(37)18-20-50(39)3)59-46(44(36)40)47(56-7)45(38)55-6/h8-17,24-26,39-40,52H,18-23,27-28H2,1-7H3/t39-,40-/m0/s1. The molecule has 59 heavy (non-hydrogen) atoms. The molecule has 0 spiro atoms. The SMILES string of the molecule is COc1ccc2cc1Oc1ccc(cc1)C[C@H]1c3cc(c(CO)cc3CCN1C)Oc1c(OC)c(OC)c(COC(=O)c3ccc(N(C)C)cc3)c3c1[C@H](C2)N(C)CC3. The minimum Gasteiger partial charge on any atom is -0.493 e. The van der Waals surface area contributed by atoms with E-state index in [2.05, 4.69) is 54.2 Å². The minimum atomic E-state index is -0.440. The highest BCUT2D eigenvalue weighted by Crippen LogP contribution is 2.53. The van der Waals surface area contributed by atoms with Crippen molar-refractivity contribution in [2.24, 2.45) is 0 Å². The van der Waals surface area contributed by atoms with Crippen molar-refractivity contribution < 1.29 is 38.3 Å². The Labute approximate surface area is 346 Å². The summed E-state index contributed by atoms with van der Waals surface area (Å²) >= 11 is 0. The van der Waals surface area contributed by atoms with E-state index in [0.29, 0.717) is 58.5 Å². The molecule has 0 fully saturated rings.